The summed E-state index contributed by atoms with van der Waals surface area (Å²) in [6.45, 7) is 12.0. The van der Waals surface area contributed by atoms with E-state index < -0.39 is 5.41 Å². The molecular formula is C30H46N4O4S. The number of piperidine rings is 1. The van der Waals surface area contributed by atoms with Crippen LogP contribution in [0.3, 0.4) is 0 Å². The molecule has 6 aliphatic rings. The van der Waals surface area contributed by atoms with Crippen molar-refractivity contribution in [2.45, 2.75) is 95.2 Å². The van der Waals surface area contributed by atoms with Crippen molar-refractivity contribution >= 4 is 23.6 Å². The average Bonchev–Trinajstić information content (AvgIpc) is 3.51. The molecule has 2 N–H and O–H groups in total. The number of hydrogen-bond acceptors (Lipinski definition) is 7. The largest absolute Gasteiger partial charge is 0.474 e. The van der Waals surface area contributed by atoms with E-state index in [1.807, 2.05) is 18.7 Å². The first-order valence-corrected chi connectivity index (χ1v) is 16.1. The van der Waals surface area contributed by atoms with Gasteiger partial charge in [0.05, 0.1) is 5.41 Å². The molecule has 0 unspecified atom stereocenters. The van der Waals surface area contributed by atoms with Crippen LogP contribution >= 0.6 is 11.8 Å². The van der Waals surface area contributed by atoms with Crippen LogP contribution in [0.1, 0.15) is 89.6 Å². The maximum absolute atomic E-state index is 13.5. The Morgan fingerprint density at radius 1 is 1.13 bits per heavy atom. The van der Waals surface area contributed by atoms with Crippen molar-refractivity contribution in [2.75, 3.05) is 32.8 Å². The van der Waals surface area contributed by atoms with E-state index in [4.69, 9.17) is 9.26 Å². The summed E-state index contributed by atoms with van der Waals surface area (Å²) in [5.41, 5.74) is -0.339. The third kappa shape index (κ3) is 5.46. The summed E-state index contributed by atoms with van der Waals surface area (Å²) in [5.74, 6) is 3.39. The molecule has 1 spiro atoms. The summed E-state index contributed by atoms with van der Waals surface area (Å²) in [6, 6.07) is 0.233. The molecule has 6 fully saturated rings. The fraction of sp³-hybridized carbons (Fsp3) is 0.833. The molecule has 4 bridgehead atoms. The Kier molecular flexibility index (Phi) is 7.45. The van der Waals surface area contributed by atoms with E-state index in [1.54, 1.807) is 0 Å². The fourth-order valence-corrected chi connectivity index (χ4v) is 9.27. The minimum atomic E-state index is -0.708. The zero-order valence-corrected chi connectivity index (χ0v) is 24.9. The molecular weight excluding hydrogens is 512 g/mol. The van der Waals surface area contributed by atoms with Gasteiger partial charge in [-0.15, -0.1) is 11.8 Å². The molecule has 2 aliphatic heterocycles. The van der Waals surface area contributed by atoms with Gasteiger partial charge in [-0.2, -0.15) is 0 Å². The van der Waals surface area contributed by atoms with Gasteiger partial charge in [0, 0.05) is 30.9 Å². The number of carbonyl (C=O) groups is 2. The van der Waals surface area contributed by atoms with E-state index in [0.29, 0.717) is 28.0 Å². The summed E-state index contributed by atoms with van der Waals surface area (Å²) >= 11 is 1.53. The highest BCUT2D eigenvalue weighted by atomic mass is 32.2. The molecule has 216 valence electrons. The average molecular weight is 559 g/mol. The molecule has 7 rings (SSSR count). The smallest absolute Gasteiger partial charge is 0.291 e. The van der Waals surface area contributed by atoms with Gasteiger partial charge in [0.1, 0.15) is 11.5 Å². The Bertz CT molecular complexity index is 1040. The second kappa shape index (κ2) is 10.6. The first-order chi connectivity index (χ1) is 18.6. The quantitative estimate of drug-likeness (QED) is 0.445. The van der Waals surface area contributed by atoms with Crippen LogP contribution in [0.5, 0.6) is 5.88 Å². The van der Waals surface area contributed by atoms with Crippen molar-refractivity contribution in [3.8, 4) is 5.88 Å². The van der Waals surface area contributed by atoms with Crippen LogP contribution in [0.25, 0.3) is 0 Å². The Morgan fingerprint density at radius 2 is 1.79 bits per heavy atom. The topological polar surface area (TPSA) is 96.7 Å². The SMILES string of the molecule is CC(C)Sc1c(OCC(C)(C)C(=O)N2CCC3(CCNC3)CC2)noc1C(=O)NC1C2CC3CC(C2)CC1C3. The number of aromatic nitrogens is 1. The standard InChI is InChI=1S/C30H46N4O4S/c1-18(2)39-25-24(26(35)32-23-21-12-19-11-20(14-21)15-22(23)13-19)38-33-27(25)37-17-29(3,4)28(36)34-9-6-30(7-10-34)5-8-31-16-30/h18-23,31H,5-17H2,1-4H3,(H,32,35). The third-order valence-corrected chi connectivity index (χ3v) is 11.4. The first-order valence-electron chi connectivity index (χ1n) is 15.2. The lowest BCUT2D eigenvalue weighted by Crippen LogP contribution is -2.55. The van der Waals surface area contributed by atoms with Gasteiger partial charge in [-0.3, -0.25) is 9.59 Å². The highest BCUT2D eigenvalue weighted by molar-refractivity contribution is 8.00. The first kappa shape index (κ1) is 27.4. The molecule has 39 heavy (non-hydrogen) atoms. The van der Waals surface area contributed by atoms with E-state index in [-0.39, 0.29) is 35.5 Å². The summed E-state index contributed by atoms with van der Waals surface area (Å²) in [5, 5.41) is 11.3. The Hall–Kier alpha value is -1.74. The van der Waals surface area contributed by atoms with Crippen molar-refractivity contribution in [3.63, 3.8) is 0 Å². The molecule has 0 aromatic carbocycles. The van der Waals surface area contributed by atoms with Crippen LogP contribution in [0.4, 0.5) is 0 Å². The molecule has 3 heterocycles. The monoisotopic (exact) mass is 558 g/mol. The summed E-state index contributed by atoms with van der Waals surface area (Å²) in [7, 11) is 0. The van der Waals surface area contributed by atoms with Gasteiger partial charge < -0.3 is 24.8 Å². The maximum Gasteiger partial charge on any atom is 0.291 e. The van der Waals surface area contributed by atoms with E-state index >= 15 is 0 Å². The number of nitrogens with one attached hydrogen (secondary N) is 2. The number of nitrogens with zero attached hydrogens (tertiary/aromatic N) is 2. The number of thioether (sulfide) groups is 1. The molecule has 9 heteroatoms. The van der Waals surface area contributed by atoms with Gasteiger partial charge in [-0.05, 0) is 106 Å². The zero-order valence-electron chi connectivity index (χ0n) is 24.1. The number of hydrogen-bond donors (Lipinski definition) is 2. The van der Waals surface area contributed by atoms with Crippen molar-refractivity contribution in [2.24, 2.45) is 34.5 Å². The minimum Gasteiger partial charge on any atom is -0.474 e. The van der Waals surface area contributed by atoms with Gasteiger partial charge in [0.15, 0.2) is 0 Å². The highest BCUT2D eigenvalue weighted by Gasteiger charge is 2.49. The van der Waals surface area contributed by atoms with E-state index in [2.05, 4.69) is 29.6 Å². The highest BCUT2D eigenvalue weighted by Crippen LogP contribution is 2.54. The van der Waals surface area contributed by atoms with Gasteiger partial charge in [-0.25, -0.2) is 0 Å². The summed E-state index contributed by atoms with van der Waals surface area (Å²) in [4.78, 5) is 29.6. The number of likely N-dealkylation sites (tertiary alicyclic amines) is 1. The van der Waals surface area contributed by atoms with E-state index in [9.17, 15) is 9.59 Å². The normalized spacial score (nSPS) is 31.3. The fourth-order valence-electron chi connectivity index (χ4n) is 8.37. The predicted molar refractivity (Wildman–Crippen MR) is 151 cm³/mol. The maximum atomic E-state index is 13.5. The van der Waals surface area contributed by atoms with Gasteiger partial charge in [0.25, 0.3) is 11.8 Å². The molecule has 4 saturated carbocycles. The molecule has 2 saturated heterocycles. The van der Waals surface area contributed by atoms with E-state index in [1.165, 1.54) is 50.3 Å². The molecule has 0 radical (unpaired) electrons. The van der Waals surface area contributed by atoms with Gasteiger partial charge >= 0.3 is 0 Å². The number of ether oxygens (including phenoxy) is 1. The van der Waals surface area contributed by atoms with Crippen molar-refractivity contribution < 1.29 is 18.8 Å². The lowest BCUT2D eigenvalue weighted by molar-refractivity contribution is -0.144. The minimum absolute atomic E-state index is 0.115. The van der Waals surface area contributed by atoms with Crippen LogP contribution in [-0.2, 0) is 4.79 Å². The second-order valence-corrected chi connectivity index (χ2v) is 15.7. The summed E-state index contributed by atoms with van der Waals surface area (Å²) in [6.07, 6.45) is 9.70. The molecule has 4 aliphatic carbocycles. The summed E-state index contributed by atoms with van der Waals surface area (Å²) < 4.78 is 11.8. The van der Waals surface area contributed by atoms with Gasteiger partial charge in [-0.1, -0.05) is 13.8 Å². The number of carbonyl (C=O) groups excluding carboxylic acids is 2. The molecule has 1 aromatic rings. The Balaban J connectivity index is 1.10. The second-order valence-electron chi connectivity index (χ2n) is 14.1. The van der Waals surface area contributed by atoms with Crippen LogP contribution < -0.4 is 15.4 Å². The Morgan fingerprint density at radius 3 is 2.38 bits per heavy atom. The predicted octanol–water partition coefficient (Wildman–Crippen LogP) is 4.74. The third-order valence-electron chi connectivity index (χ3n) is 10.3. The van der Waals surface area contributed by atoms with Crippen molar-refractivity contribution in [1.82, 2.24) is 20.7 Å². The van der Waals surface area contributed by atoms with Crippen molar-refractivity contribution in [3.05, 3.63) is 5.76 Å². The number of amides is 2. The van der Waals surface area contributed by atoms with Gasteiger partial charge in [0.2, 0.25) is 11.7 Å². The Labute approximate surface area is 237 Å². The van der Waals surface area contributed by atoms with Crippen LogP contribution in [0.2, 0.25) is 0 Å². The van der Waals surface area contributed by atoms with Crippen LogP contribution in [-0.4, -0.2) is 65.9 Å². The van der Waals surface area contributed by atoms with Crippen LogP contribution in [0.15, 0.2) is 9.42 Å². The molecule has 1 aromatic heterocycles. The van der Waals surface area contributed by atoms with E-state index in [0.717, 1.165) is 50.9 Å². The lowest BCUT2D eigenvalue weighted by Gasteiger charge is -2.54. The van der Waals surface area contributed by atoms with Crippen LogP contribution in [0, 0.1) is 34.5 Å². The lowest BCUT2D eigenvalue weighted by atomic mass is 9.54. The number of rotatable bonds is 8. The molecule has 8 nitrogen and oxygen atoms in total. The molecule has 0 atom stereocenters. The zero-order chi connectivity index (χ0) is 27.4. The van der Waals surface area contributed by atoms with Crippen molar-refractivity contribution in [1.29, 1.82) is 0 Å². The molecule has 2 amide bonds.